The number of nitrogens with one attached hydrogen (secondary N) is 1. The summed E-state index contributed by atoms with van der Waals surface area (Å²) in [5, 5.41) is 10.2. The molecule has 5 aromatic rings. The molecule has 0 aliphatic heterocycles. The molecule has 152 valence electrons. The Bertz CT molecular complexity index is 1490. The van der Waals surface area contributed by atoms with Crippen LogP contribution in [-0.4, -0.2) is 24.5 Å². The molecule has 4 aromatic heterocycles. The number of H-pyrrole nitrogens is 1. The quantitative estimate of drug-likeness (QED) is 0.415. The number of pyridine rings is 2. The predicted molar refractivity (Wildman–Crippen MR) is 122 cm³/mol. The van der Waals surface area contributed by atoms with Crippen LogP contribution in [0.1, 0.15) is 32.0 Å². The Morgan fingerprint density at radius 1 is 0.968 bits per heavy atom. The zero-order valence-electron chi connectivity index (χ0n) is 17.9. The van der Waals surface area contributed by atoms with Crippen molar-refractivity contribution in [3.63, 3.8) is 0 Å². The highest BCUT2D eigenvalue weighted by Gasteiger charge is 2.17. The number of aromatic amines is 1. The number of imidazole rings is 1. The zero-order valence-corrected chi connectivity index (χ0v) is 17.9. The topological polar surface area (TPSA) is 83.2 Å². The van der Waals surface area contributed by atoms with Gasteiger partial charge in [0.1, 0.15) is 17.4 Å². The molecular formula is C25H22N6. The van der Waals surface area contributed by atoms with Crippen molar-refractivity contribution in [1.29, 1.82) is 5.26 Å². The Morgan fingerprint density at radius 2 is 1.74 bits per heavy atom. The average molecular weight is 406 g/mol. The van der Waals surface area contributed by atoms with E-state index in [2.05, 4.69) is 75.6 Å². The van der Waals surface area contributed by atoms with Gasteiger partial charge < -0.3 is 9.55 Å². The molecule has 0 aliphatic carbocycles. The van der Waals surface area contributed by atoms with E-state index < -0.39 is 0 Å². The summed E-state index contributed by atoms with van der Waals surface area (Å²) < 4.78 is 2.20. The third-order valence-electron chi connectivity index (χ3n) is 5.63. The first-order valence-electron chi connectivity index (χ1n) is 10.2. The summed E-state index contributed by atoms with van der Waals surface area (Å²) in [6.45, 7) is 8.43. The fraction of sp³-hybridized carbons (Fsp3) is 0.200. The lowest BCUT2D eigenvalue weighted by Gasteiger charge is -2.21. The molecule has 0 saturated heterocycles. The smallest absolute Gasteiger partial charge is 0.143 e. The fourth-order valence-electron chi connectivity index (χ4n) is 3.96. The number of aryl methyl sites for hydroxylation is 1. The van der Waals surface area contributed by atoms with Crippen molar-refractivity contribution in [1.82, 2.24) is 24.5 Å². The molecule has 1 aromatic carbocycles. The van der Waals surface area contributed by atoms with E-state index in [-0.39, 0.29) is 5.54 Å². The number of aromatic nitrogens is 5. The second-order valence-electron chi connectivity index (χ2n) is 8.81. The molecule has 31 heavy (non-hydrogen) atoms. The van der Waals surface area contributed by atoms with Gasteiger partial charge in [-0.15, -0.1) is 0 Å². The van der Waals surface area contributed by atoms with Crippen LogP contribution in [0.25, 0.3) is 44.3 Å². The number of hydrogen-bond donors (Lipinski definition) is 1. The maximum absolute atomic E-state index is 9.15. The van der Waals surface area contributed by atoms with Gasteiger partial charge in [-0.3, -0.25) is 0 Å². The summed E-state index contributed by atoms with van der Waals surface area (Å²) in [5.74, 6) is 0. The Morgan fingerprint density at radius 3 is 2.48 bits per heavy atom. The number of fused-ring (bicyclic) bond motifs is 2. The lowest BCUT2D eigenvalue weighted by atomic mass is 10.0. The third-order valence-corrected chi connectivity index (χ3v) is 5.63. The van der Waals surface area contributed by atoms with Gasteiger partial charge in [-0.1, -0.05) is 6.07 Å². The van der Waals surface area contributed by atoms with Gasteiger partial charge in [-0.25, -0.2) is 15.0 Å². The highest BCUT2D eigenvalue weighted by molar-refractivity contribution is 5.97. The summed E-state index contributed by atoms with van der Waals surface area (Å²) in [7, 11) is 0. The average Bonchev–Trinajstić information content (AvgIpc) is 3.36. The number of benzene rings is 1. The van der Waals surface area contributed by atoms with E-state index >= 15 is 0 Å². The molecule has 4 heterocycles. The molecule has 0 aliphatic rings. The predicted octanol–water partition coefficient (Wildman–Crippen LogP) is 5.58. The standard InChI is InChI=1S/C25H22N6/c1-15-7-17(11-27-22(15)10-26)18-8-19-20(13-29-24(19)28-12-18)16-5-6-21-23(9-16)31(14-30-21)25(2,3)4/h5-9,11-14H,1-4H3,(H,28,29). The maximum atomic E-state index is 9.15. The van der Waals surface area contributed by atoms with Gasteiger partial charge in [0.25, 0.3) is 0 Å². The summed E-state index contributed by atoms with van der Waals surface area (Å²) in [5.41, 5.74) is 8.29. The Labute approximate surface area is 180 Å². The van der Waals surface area contributed by atoms with E-state index in [0.29, 0.717) is 5.69 Å². The minimum atomic E-state index is -0.0528. The molecule has 0 atom stereocenters. The minimum absolute atomic E-state index is 0.0528. The van der Waals surface area contributed by atoms with Gasteiger partial charge in [0, 0.05) is 46.2 Å². The van der Waals surface area contributed by atoms with Crippen LogP contribution in [0, 0.1) is 18.3 Å². The van der Waals surface area contributed by atoms with Gasteiger partial charge in [-0.05, 0) is 63.1 Å². The number of rotatable bonds is 2. The first kappa shape index (κ1) is 19.0. The highest BCUT2D eigenvalue weighted by Crippen LogP contribution is 2.33. The van der Waals surface area contributed by atoms with Crippen LogP contribution in [-0.2, 0) is 5.54 Å². The first-order valence-corrected chi connectivity index (χ1v) is 10.2. The molecule has 0 radical (unpaired) electrons. The van der Waals surface area contributed by atoms with Gasteiger partial charge in [-0.2, -0.15) is 5.26 Å². The largest absolute Gasteiger partial charge is 0.346 e. The summed E-state index contributed by atoms with van der Waals surface area (Å²) in [4.78, 5) is 16.7. The molecule has 0 unspecified atom stereocenters. The number of nitrogens with zero attached hydrogens (tertiary/aromatic N) is 5. The van der Waals surface area contributed by atoms with Gasteiger partial charge in [0.2, 0.25) is 0 Å². The lowest BCUT2D eigenvalue weighted by molar-refractivity contribution is 0.408. The van der Waals surface area contributed by atoms with Gasteiger partial charge in [0.15, 0.2) is 0 Å². The van der Waals surface area contributed by atoms with Crippen LogP contribution >= 0.6 is 0 Å². The molecule has 0 bridgehead atoms. The van der Waals surface area contributed by atoms with Gasteiger partial charge >= 0.3 is 0 Å². The molecule has 5 rings (SSSR count). The van der Waals surface area contributed by atoms with Crippen LogP contribution in [0.5, 0.6) is 0 Å². The van der Waals surface area contributed by atoms with E-state index in [1.165, 1.54) is 0 Å². The van der Waals surface area contributed by atoms with E-state index in [9.17, 15) is 0 Å². The van der Waals surface area contributed by atoms with E-state index in [1.54, 1.807) is 6.20 Å². The molecular weight excluding hydrogens is 384 g/mol. The molecule has 1 N–H and O–H groups in total. The van der Waals surface area contributed by atoms with Crippen molar-refractivity contribution >= 4 is 22.1 Å². The summed E-state index contributed by atoms with van der Waals surface area (Å²) >= 11 is 0. The van der Waals surface area contributed by atoms with Crippen LogP contribution < -0.4 is 0 Å². The molecule has 6 heteroatoms. The van der Waals surface area contributed by atoms with Crippen LogP contribution in [0.15, 0.2) is 55.2 Å². The molecule has 0 fully saturated rings. The third kappa shape index (κ3) is 3.15. The molecule has 0 spiro atoms. The Hall–Kier alpha value is -3.98. The normalized spacial score (nSPS) is 11.8. The van der Waals surface area contributed by atoms with Crippen LogP contribution in [0.3, 0.4) is 0 Å². The number of hydrogen-bond acceptors (Lipinski definition) is 4. The van der Waals surface area contributed by atoms with Crippen molar-refractivity contribution in [3.8, 4) is 28.3 Å². The summed E-state index contributed by atoms with van der Waals surface area (Å²) in [6, 6.07) is 12.6. The van der Waals surface area contributed by atoms with Crippen molar-refractivity contribution in [3.05, 3.63) is 66.5 Å². The zero-order chi connectivity index (χ0) is 21.8. The first-order chi connectivity index (χ1) is 14.8. The molecule has 0 amide bonds. The Balaban J connectivity index is 1.65. The monoisotopic (exact) mass is 406 g/mol. The van der Waals surface area contributed by atoms with Crippen molar-refractivity contribution < 1.29 is 0 Å². The van der Waals surface area contributed by atoms with Crippen LogP contribution in [0.4, 0.5) is 0 Å². The second-order valence-corrected chi connectivity index (χ2v) is 8.81. The van der Waals surface area contributed by atoms with E-state index in [1.807, 2.05) is 31.7 Å². The second kappa shape index (κ2) is 6.78. The van der Waals surface area contributed by atoms with E-state index in [4.69, 9.17) is 5.26 Å². The minimum Gasteiger partial charge on any atom is -0.346 e. The van der Waals surface area contributed by atoms with Crippen LogP contribution in [0.2, 0.25) is 0 Å². The maximum Gasteiger partial charge on any atom is 0.143 e. The van der Waals surface area contributed by atoms with E-state index in [0.717, 1.165) is 49.9 Å². The van der Waals surface area contributed by atoms with Crippen molar-refractivity contribution in [2.75, 3.05) is 0 Å². The SMILES string of the molecule is Cc1cc(-c2cnc3[nH]cc(-c4ccc5ncn(C(C)(C)C)c5c4)c3c2)cnc1C#N. The molecule has 0 saturated carbocycles. The highest BCUT2D eigenvalue weighted by atomic mass is 15.1. The lowest BCUT2D eigenvalue weighted by Crippen LogP contribution is -2.20. The Kier molecular flexibility index (Phi) is 4.16. The molecule has 6 nitrogen and oxygen atoms in total. The van der Waals surface area contributed by atoms with Crippen molar-refractivity contribution in [2.24, 2.45) is 0 Å². The van der Waals surface area contributed by atoms with Gasteiger partial charge in [0.05, 0.1) is 17.4 Å². The summed E-state index contributed by atoms with van der Waals surface area (Å²) in [6.07, 6.45) is 7.48. The number of nitriles is 1. The van der Waals surface area contributed by atoms with Crippen molar-refractivity contribution in [2.45, 2.75) is 33.2 Å². The fourth-order valence-corrected chi connectivity index (χ4v) is 3.96.